The third-order valence-corrected chi connectivity index (χ3v) is 3.17. The summed E-state index contributed by atoms with van der Waals surface area (Å²) >= 11 is 0. The lowest BCUT2D eigenvalue weighted by Crippen LogP contribution is -2.24. The largest absolute Gasteiger partial charge is 0.488 e. The summed E-state index contributed by atoms with van der Waals surface area (Å²) < 4.78 is 5.70. The Morgan fingerprint density at radius 1 is 1.41 bits per heavy atom. The van der Waals surface area contributed by atoms with Gasteiger partial charge in [0.1, 0.15) is 11.9 Å². The van der Waals surface area contributed by atoms with Crippen LogP contribution in [0.5, 0.6) is 5.75 Å². The summed E-state index contributed by atoms with van der Waals surface area (Å²) in [6.07, 6.45) is 4.89. The Morgan fingerprint density at radius 3 is 3.06 bits per heavy atom. The number of hydrogen-bond donors (Lipinski definition) is 2. The van der Waals surface area contributed by atoms with E-state index in [1.807, 2.05) is 6.07 Å². The van der Waals surface area contributed by atoms with E-state index in [4.69, 9.17) is 10.5 Å². The van der Waals surface area contributed by atoms with Crippen molar-refractivity contribution in [2.24, 2.45) is 5.73 Å². The van der Waals surface area contributed by atoms with Crippen LogP contribution in [0, 0.1) is 0 Å². The van der Waals surface area contributed by atoms with Crippen molar-refractivity contribution < 1.29 is 4.74 Å². The molecule has 0 aliphatic carbocycles. The molecule has 0 spiro atoms. The number of hydrogen-bond acceptors (Lipinski definition) is 3. The first-order chi connectivity index (χ1) is 8.33. The molecular formula is C14H22N2O. The molecule has 1 aromatic carbocycles. The van der Waals surface area contributed by atoms with Crippen molar-refractivity contribution in [1.29, 1.82) is 0 Å². The highest BCUT2D eigenvalue weighted by Crippen LogP contribution is 2.30. The third kappa shape index (κ3) is 3.13. The standard InChI is InChI=1S/C14H22N2O/c1-2-3-4-7-16-12-5-6-14-11(8-12)9-13(10-15)17-14/h5-6,8,13,16H,2-4,7,9-10,15H2,1H3. The minimum absolute atomic E-state index is 0.167. The van der Waals surface area contributed by atoms with E-state index >= 15 is 0 Å². The SMILES string of the molecule is CCCCCNc1ccc2c(c1)CC(CN)O2. The zero-order chi connectivity index (χ0) is 12.1. The van der Waals surface area contributed by atoms with E-state index in [9.17, 15) is 0 Å². The van der Waals surface area contributed by atoms with Crippen LogP contribution in [0.25, 0.3) is 0 Å². The maximum Gasteiger partial charge on any atom is 0.123 e. The molecule has 0 aromatic heterocycles. The smallest absolute Gasteiger partial charge is 0.123 e. The Morgan fingerprint density at radius 2 is 2.29 bits per heavy atom. The molecule has 0 amide bonds. The lowest BCUT2D eigenvalue weighted by atomic mass is 10.1. The van der Waals surface area contributed by atoms with Crippen LogP contribution in [0.3, 0.4) is 0 Å². The van der Waals surface area contributed by atoms with E-state index in [1.54, 1.807) is 0 Å². The summed E-state index contributed by atoms with van der Waals surface area (Å²) in [6.45, 7) is 3.86. The topological polar surface area (TPSA) is 47.3 Å². The lowest BCUT2D eigenvalue weighted by Gasteiger charge is -2.07. The molecule has 1 unspecified atom stereocenters. The maximum atomic E-state index is 5.70. The minimum Gasteiger partial charge on any atom is -0.488 e. The molecule has 94 valence electrons. The molecular weight excluding hydrogens is 212 g/mol. The monoisotopic (exact) mass is 234 g/mol. The molecule has 1 atom stereocenters. The molecule has 1 aromatic rings. The molecule has 0 radical (unpaired) electrons. The van der Waals surface area contributed by atoms with Gasteiger partial charge in [0.2, 0.25) is 0 Å². The summed E-state index contributed by atoms with van der Waals surface area (Å²) in [6, 6.07) is 6.33. The maximum absolute atomic E-state index is 5.70. The van der Waals surface area contributed by atoms with Gasteiger partial charge in [-0.1, -0.05) is 19.8 Å². The van der Waals surface area contributed by atoms with E-state index in [1.165, 1.54) is 30.5 Å². The molecule has 1 aliphatic rings. The van der Waals surface area contributed by atoms with Gasteiger partial charge in [0.15, 0.2) is 0 Å². The van der Waals surface area contributed by atoms with Gasteiger partial charge < -0.3 is 15.8 Å². The van der Waals surface area contributed by atoms with Gasteiger partial charge in [-0.25, -0.2) is 0 Å². The van der Waals surface area contributed by atoms with Crippen molar-refractivity contribution in [2.75, 3.05) is 18.4 Å². The van der Waals surface area contributed by atoms with E-state index in [2.05, 4.69) is 24.4 Å². The number of anilines is 1. The first-order valence-electron chi connectivity index (χ1n) is 6.57. The van der Waals surface area contributed by atoms with Crippen LogP contribution in [0.4, 0.5) is 5.69 Å². The summed E-state index contributed by atoms with van der Waals surface area (Å²) in [7, 11) is 0. The highest BCUT2D eigenvalue weighted by Gasteiger charge is 2.21. The van der Waals surface area contributed by atoms with Crippen LogP contribution in [0.1, 0.15) is 31.7 Å². The highest BCUT2D eigenvalue weighted by molar-refractivity contribution is 5.52. The van der Waals surface area contributed by atoms with Gasteiger partial charge >= 0.3 is 0 Å². The predicted molar refractivity (Wildman–Crippen MR) is 71.6 cm³/mol. The average molecular weight is 234 g/mol. The van der Waals surface area contributed by atoms with E-state index in [0.717, 1.165) is 18.7 Å². The van der Waals surface area contributed by atoms with Crippen molar-refractivity contribution in [3.63, 3.8) is 0 Å². The molecule has 3 nitrogen and oxygen atoms in total. The molecule has 3 heteroatoms. The summed E-state index contributed by atoms with van der Waals surface area (Å²) in [5, 5.41) is 3.46. The van der Waals surface area contributed by atoms with Crippen molar-refractivity contribution >= 4 is 5.69 Å². The fraction of sp³-hybridized carbons (Fsp3) is 0.571. The molecule has 0 bridgehead atoms. The quantitative estimate of drug-likeness (QED) is 0.744. The number of nitrogens with two attached hydrogens (primary N) is 1. The van der Waals surface area contributed by atoms with Crippen LogP contribution < -0.4 is 15.8 Å². The third-order valence-electron chi connectivity index (χ3n) is 3.17. The normalized spacial score (nSPS) is 17.6. The van der Waals surface area contributed by atoms with E-state index in [-0.39, 0.29) is 6.10 Å². The number of benzene rings is 1. The average Bonchev–Trinajstić information content (AvgIpc) is 2.77. The van der Waals surface area contributed by atoms with Crippen molar-refractivity contribution in [3.8, 4) is 5.75 Å². The van der Waals surface area contributed by atoms with Gasteiger partial charge in [-0.15, -0.1) is 0 Å². The Kier molecular flexibility index (Phi) is 4.26. The second kappa shape index (κ2) is 5.92. The number of nitrogens with one attached hydrogen (secondary N) is 1. The van der Waals surface area contributed by atoms with E-state index in [0.29, 0.717) is 6.54 Å². The van der Waals surface area contributed by atoms with Crippen LogP contribution in [0.15, 0.2) is 18.2 Å². The van der Waals surface area contributed by atoms with Crippen LogP contribution >= 0.6 is 0 Å². The van der Waals surface area contributed by atoms with Gasteiger partial charge in [0, 0.05) is 25.2 Å². The Labute approximate surface area is 103 Å². The van der Waals surface area contributed by atoms with Gasteiger partial charge in [-0.3, -0.25) is 0 Å². The summed E-state index contributed by atoms with van der Waals surface area (Å²) in [5.41, 5.74) is 8.10. The molecule has 3 N–H and O–H groups in total. The molecule has 0 saturated heterocycles. The number of fused-ring (bicyclic) bond motifs is 1. The lowest BCUT2D eigenvalue weighted by molar-refractivity contribution is 0.241. The Bertz CT molecular complexity index is 365. The fourth-order valence-electron chi connectivity index (χ4n) is 2.17. The second-order valence-electron chi connectivity index (χ2n) is 4.64. The fourth-order valence-corrected chi connectivity index (χ4v) is 2.17. The first kappa shape index (κ1) is 12.2. The van der Waals surface area contributed by atoms with Crippen LogP contribution in [0.2, 0.25) is 0 Å². The molecule has 0 fully saturated rings. The Balaban J connectivity index is 1.89. The molecule has 0 saturated carbocycles. The zero-order valence-electron chi connectivity index (χ0n) is 10.5. The zero-order valence-corrected chi connectivity index (χ0v) is 10.5. The summed E-state index contributed by atoms with van der Waals surface area (Å²) in [5.74, 6) is 1.000. The number of rotatable bonds is 6. The molecule has 1 aliphatic heterocycles. The summed E-state index contributed by atoms with van der Waals surface area (Å²) in [4.78, 5) is 0. The molecule has 17 heavy (non-hydrogen) atoms. The van der Waals surface area contributed by atoms with Crippen molar-refractivity contribution in [1.82, 2.24) is 0 Å². The van der Waals surface area contributed by atoms with Crippen molar-refractivity contribution in [2.45, 2.75) is 38.7 Å². The van der Waals surface area contributed by atoms with Gasteiger partial charge in [-0.05, 0) is 30.2 Å². The first-order valence-corrected chi connectivity index (χ1v) is 6.57. The van der Waals surface area contributed by atoms with E-state index < -0.39 is 0 Å². The molecule has 1 heterocycles. The minimum atomic E-state index is 0.167. The highest BCUT2D eigenvalue weighted by atomic mass is 16.5. The number of ether oxygens (including phenoxy) is 1. The Hall–Kier alpha value is -1.22. The molecule has 2 rings (SSSR count). The van der Waals surface area contributed by atoms with Gasteiger partial charge in [0.05, 0.1) is 0 Å². The van der Waals surface area contributed by atoms with Crippen LogP contribution in [-0.2, 0) is 6.42 Å². The predicted octanol–water partition coefficient (Wildman–Crippen LogP) is 2.55. The van der Waals surface area contributed by atoms with Gasteiger partial charge in [-0.2, -0.15) is 0 Å². The second-order valence-corrected chi connectivity index (χ2v) is 4.64. The van der Waals surface area contributed by atoms with Crippen molar-refractivity contribution in [3.05, 3.63) is 23.8 Å². The van der Waals surface area contributed by atoms with Gasteiger partial charge in [0.25, 0.3) is 0 Å². The van der Waals surface area contributed by atoms with Crippen LogP contribution in [-0.4, -0.2) is 19.2 Å². The number of unbranched alkanes of at least 4 members (excludes halogenated alkanes) is 2.